The van der Waals surface area contributed by atoms with Gasteiger partial charge in [0.15, 0.2) is 0 Å². The molecule has 0 aliphatic carbocycles. The van der Waals surface area contributed by atoms with Crippen molar-refractivity contribution in [3.63, 3.8) is 0 Å². The van der Waals surface area contributed by atoms with Crippen LogP contribution in [0, 0.1) is 5.92 Å². The predicted octanol–water partition coefficient (Wildman–Crippen LogP) is 1.40. The van der Waals surface area contributed by atoms with Crippen LogP contribution < -0.4 is 5.32 Å². The van der Waals surface area contributed by atoms with Crippen molar-refractivity contribution in [3.05, 3.63) is 18.2 Å². The molecule has 0 radical (unpaired) electrons. The number of aliphatic hydroxyl groups excluding tert-OH is 1. The number of nitrogens with zero attached hydrogens (tertiary/aromatic N) is 2. The molecule has 0 aliphatic rings. The molecule has 16 heavy (non-hydrogen) atoms. The van der Waals surface area contributed by atoms with E-state index in [-0.39, 0.29) is 0 Å². The van der Waals surface area contributed by atoms with E-state index in [1.807, 2.05) is 12.5 Å². The van der Waals surface area contributed by atoms with Gasteiger partial charge in [0.2, 0.25) is 0 Å². The molecule has 0 spiro atoms. The standard InChI is InChI=1S/C12H23N3O/c1-3-15-10-14-8-12(15)7-13-6-4-5-11(2)9-16/h8,10-11,13,16H,3-7,9H2,1-2H3. The van der Waals surface area contributed by atoms with Crippen molar-refractivity contribution in [3.8, 4) is 0 Å². The maximum Gasteiger partial charge on any atom is 0.0948 e. The van der Waals surface area contributed by atoms with Gasteiger partial charge in [0, 0.05) is 25.9 Å². The first-order chi connectivity index (χ1) is 7.77. The highest BCUT2D eigenvalue weighted by molar-refractivity contribution is 4.97. The topological polar surface area (TPSA) is 50.1 Å². The zero-order valence-electron chi connectivity index (χ0n) is 10.3. The third kappa shape index (κ3) is 4.33. The zero-order chi connectivity index (χ0) is 11.8. The lowest BCUT2D eigenvalue weighted by molar-refractivity contribution is 0.228. The van der Waals surface area contributed by atoms with Gasteiger partial charge in [0.05, 0.1) is 12.0 Å². The molecule has 1 unspecified atom stereocenters. The fourth-order valence-electron chi connectivity index (χ4n) is 1.66. The van der Waals surface area contributed by atoms with E-state index in [0.717, 1.165) is 32.5 Å². The normalized spacial score (nSPS) is 12.9. The van der Waals surface area contributed by atoms with Crippen LogP contribution in [0.25, 0.3) is 0 Å². The van der Waals surface area contributed by atoms with Crippen molar-refractivity contribution in [2.45, 2.75) is 39.8 Å². The fraction of sp³-hybridized carbons (Fsp3) is 0.750. The second-order valence-corrected chi connectivity index (χ2v) is 4.28. The number of hydrogen-bond acceptors (Lipinski definition) is 3. The van der Waals surface area contributed by atoms with Gasteiger partial charge in [0.25, 0.3) is 0 Å². The molecule has 0 amide bonds. The average Bonchev–Trinajstić information content (AvgIpc) is 2.75. The summed E-state index contributed by atoms with van der Waals surface area (Å²) in [6, 6.07) is 0. The lowest BCUT2D eigenvalue weighted by Crippen LogP contribution is -2.18. The number of aryl methyl sites for hydroxylation is 1. The van der Waals surface area contributed by atoms with Crippen molar-refractivity contribution >= 4 is 0 Å². The molecule has 4 heteroatoms. The van der Waals surface area contributed by atoms with Gasteiger partial charge in [-0.25, -0.2) is 4.98 Å². The minimum Gasteiger partial charge on any atom is -0.396 e. The molecule has 0 saturated heterocycles. The summed E-state index contributed by atoms with van der Waals surface area (Å²) < 4.78 is 2.14. The summed E-state index contributed by atoms with van der Waals surface area (Å²) in [5, 5.41) is 12.3. The van der Waals surface area contributed by atoms with Crippen LogP contribution >= 0.6 is 0 Å². The number of aromatic nitrogens is 2. The Morgan fingerprint density at radius 1 is 1.56 bits per heavy atom. The lowest BCUT2D eigenvalue weighted by atomic mass is 10.1. The van der Waals surface area contributed by atoms with Crippen LogP contribution in [0.15, 0.2) is 12.5 Å². The average molecular weight is 225 g/mol. The second-order valence-electron chi connectivity index (χ2n) is 4.28. The number of nitrogens with one attached hydrogen (secondary N) is 1. The molecule has 0 bridgehead atoms. The van der Waals surface area contributed by atoms with E-state index in [0.29, 0.717) is 12.5 Å². The van der Waals surface area contributed by atoms with E-state index in [1.165, 1.54) is 5.69 Å². The molecule has 0 aliphatic heterocycles. The Balaban J connectivity index is 2.11. The Morgan fingerprint density at radius 2 is 2.38 bits per heavy atom. The van der Waals surface area contributed by atoms with Crippen molar-refractivity contribution in [2.75, 3.05) is 13.2 Å². The molecule has 1 aromatic rings. The summed E-state index contributed by atoms with van der Waals surface area (Å²) in [7, 11) is 0. The molecular formula is C12H23N3O. The molecule has 1 atom stereocenters. The van der Waals surface area contributed by atoms with Gasteiger partial charge in [-0.15, -0.1) is 0 Å². The SMILES string of the molecule is CCn1cncc1CNCCCC(C)CO. The van der Waals surface area contributed by atoms with Crippen LogP contribution in [0.1, 0.15) is 32.4 Å². The van der Waals surface area contributed by atoms with Gasteiger partial charge >= 0.3 is 0 Å². The third-order valence-corrected chi connectivity index (χ3v) is 2.81. The first-order valence-electron chi connectivity index (χ1n) is 6.08. The maximum absolute atomic E-state index is 8.88. The van der Waals surface area contributed by atoms with Gasteiger partial charge in [-0.2, -0.15) is 0 Å². The Hall–Kier alpha value is -0.870. The number of aliphatic hydroxyl groups is 1. The van der Waals surface area contributed by atoms with Crippen LogP contribution in [0.3, 0.4) is 0 Å². The van der Waals surface area contributed by atoms with E-state index in [1.54, 1.807) is 0 Å². The van der Waals surface area contributed by atoms with Crippen LogP contribution in [-0.4, -0.2) is 27.8 Å². The summed E-state index contributed by atoms with van der Waals surface area (Å²) in [4.78, 5) is 4.12. The fourth-order valence-corrected chi connectivity index (χ4v) is 1.66. The highest BCUT2D eigenvalue weighted by Gasteiger charge is 2.01. The Bertz CT molecular complexity index is 286. The summed E-state index contributed by atoms with van der Waals surface area (Å²) in [5.41, 5.74) is 1.23. The number of hydrogen-bond donors (Lipinski definition) is 2. The van der Waals surface area contributed by atoms with Crippen molar-refractivity contribution in [1.29, 1.82) is 0 Å². The molecule has 1 aromatic heterocycles. The lowest BCUT2D eigenvalue weighted by Gasteiger charge is -2.09. The Morgan fingerprint density at radius 3 is 3.06 bits per heavy atom. The molecule has 0 saturated carbocycles. The molecule has 1 heterocycles. The van der Waals surface area contributed by atoms with E-state index >= 15 is 0 Å². The maximum atomic E-state index is 8.88. The van der Waals surface area contributed by atoms with Gasteiger partial charge in [-0.1, -0.05) is 6.92 Å². The molecule has 2 N–H and O–H groups in total. The summed E-state index contributed by atoms with van der Waals surface area (Å²) in [6.07, 6.45) is 5.97. The van der Waals surface area contributed by atoms with Crippen molar-refractivity contribution < 1.29 is 5.11 Å². The summed E-state index contributed by atoms with van der Waals surface area (Å²) in [5.74, 6) is 0.419. The zero-order valence-corrected chi connectivity index (χ0v) is 10.3. The third-order valence-electron chi connectivity index (χ3n) is 2.81. The molecule has 92 valence electrons. The van der Waals surface area contributed by atoms with Crippen LogP contribution in [0.4, 0.5) is 0 Å². The molecular weight excluding hydrogens is 202 g/mol. The van der Waals surface area contributed by atoms with E-state index in [2.05, 4.69) is 28.7 Å². The minimum absolute atomic E-state index is 0.294. The predicted molar refractivity (Wildman–Crippen MR) is 65.1 cm³/mol. The van der Waals surface area contributed by atoms with E-state index < -0.39 is 0 Å². The van der Waals surface area contributed by atoms with E-state index in [9.17, 15) is 0 Å². The highest BCUT2D eigenvalue weighted by Crippen LogP contribution is 2.03. The minimum atomic E-state index is 0.294. The monoisotopic (exact) mass is 225 g/mol. The van der Waals surface area contributed by atoms with Gasteiger partial charge in [-0.05, 0) is 32.2 Å². The molecule has 1 rings (SSSR count). The van der Waals surface area contributed by atoms with Crippen LogP contribution in [-0.2, 0) is 13.1 Å². The van der Waals surface area contributed by atoms with Crippen molar-refractivity contribution in [1.82, 2.24) is 14.9 Å². The highest BCUT2D eigenvalue weighted by atomic mass is 16.3. The van der Waals surface area contributed by atoms with Gasteiger partial charge in [-0.3, -0.25) is 0 Å². The molecule has 0 aromatic carbocycles. The molecule has 0 fully saturated rings. The van der Waals surface area contributed by atoms with Crippen LogP contribution in [0.2, 0.25) is 0 Å². The smallest absolute Gasteiger partial charge is 0.0948 e. The van der Waals surface area contributed by atoms with Crippen LogP contribution in [0.5, 0.6) is 0 Å². The van der Waals surface area contributed by atoms with Crippen molar-refractivity contribution in [2.24, 2.45) is 5.92 Å². The largest absolute Gasteiger partial charge is 0.396 e. The molecule has 4 nitrogen and oxygen atoms in total. The number of rotatable bonds is 8. The van der Waals surface area contributed by atoms with Gasteiger partial charge < -0.3 is 15.0 Å². The Kier molecular flexibility index (Phi) is 6.11. The van der Waals surface area contributed by atoms with E-state index in [4.69, 9.17) is 5.11 Å². The quantitative estimate of drug-likeness (QED) is 0.658. The first-order valence-corrected chi connectivity index (χ1v) is 6.08. The Labute approximate surface area is 97.7 Å². The summed E-state index contributed by atoms with van der Waals surface area (Å²) >= 11 is 0. The summed E-state index contributed by atoms with van der Waals surface area (Å²) in [6.45, 7) is 7.34. The number of imidazole rings is 1. The first kappa shape index (κ1) is 13.2. The van der Waals surface area contributed by atoms with Gasteiger partial charge in [0.1, 0.15) is 0 Å². The second kappa shape index (κ2) is 7.41.